The van der Waals surface area contributed by atoms with E-state index in [-0.39, 0.29) is 17.1 Å². The van der Waals surface area contributed by atoms with Crippen LogP contribution < -0.4 is 11.5 Å². The first-order chi connectivity index (χ1) is 8.49. The molecule has 0 bridgehead atoms. The van der Waals surface area contributed by atoms with Crippen molar-refractivity contribution < 1.29 is 9.72 Å². The summed E-state index contributed by atoms with van der Waals surface area (Å²) >= 11 is 0. The zero-order valence-corrected chi connectivity index (χ0v) is 9.11. The summed E-state index contributed by atoms with van der Waals surface area (Å²) < 4.78 is 1.36. The Labute approximate surface area is 101 Å². The Balaban J connectivity index is 2.42. The lowest BCUT2D eigenvalue weighted by Gasteiger charge is -2.03. The molecule has 0 saturated carbocycles. The maximum atomic E-state index is 10.9. The van der Waals surface area contributed by atoms with E-state index in [1.807, 2.05) is 0 Å². The van der Waals surface area contributed by atoms with Crippen molar-refractivity contribution in [3.8, 4) is 5.69 Å². The third kappa shape index (κ3) is 1.98. The maximum Gasteiger partial charge on any atom is 0.292 e. The minimum atomic E-state index is -0.649. The van der Waals surface area contributed by atoms with Crippen LogP contribution in [0.5, 0.6) is 0 Å². The number of nitrogens with two attached hydrogens (primary N) is 2. The average molecular weight is 247 g/mol. The Morgan fingerprint density at radius 3 is 2.61 bits per heavy atom. The van der Waals surface area contributed by atoms with E-state index in [0.29, 0.717) is 5.69 Å². The number of nitrogens with zero attached hydrogens (tertiary/aromatic N) is 3. The highest BCUT2D eigenvalue weighted by atomic mass is 16.6. The Bertz CT molecular complexity index is 634. The largest absolute Gasteiger partial charge is 0.393 e. The van der Waals surface area contributed by atoms with Gasteiger partial charge in [0, 0.05) is 12.3 Å². The molecule has 8 heteroatoms. The number of nitro benzene ring substituents is 1. The predicted octanol–water partition coefficient (Wildman–Crippen LogP) is 0.462. The summed E-state index contributed by atoms with van der Waals surface area (Å²) in [4.78, 5) is 20.9. The minimum absolute atomic E-state index is 0.0219. The van der Waals surface area contributed by atoms with Gasteiger partial charge >= 0.3 is 0 Å². The Morgan fingerprint density at radius 1 is 1.39 bits per heavy atom. The number of aromatic nitrogens is 2. The molecule has 0 aliphatic rings. The monoisotopic (exact) mass is 247 g/mol. The quantitative estimate of drug-likeness (QED) is 0.462. The molecule has 0 saturated heterocycles. The van der Waals surface area contributed by atoms with E-state index in [1.165, 1.54) is 35.1 Å². The van der Waals surface area contributed by atoms with Gasteiger partial charge in [-0.25, -0.2) is 4.68 Å². The van der Waals surface area contributed by atoms with Crippen molar-refractivity contribution in [3.63, 3.8) is 0 Å². The fourth-order valence-corrected chi connectivity index (χ4v) is 1.45. The van der Waals surface area contributed by atoms with Gasteiger partial charge in [-0.05, 0) is 18.2 Å². The van der Waals surface area contributed by atoms with E-state index in [9.17, 15) is 14.9 Å². The van der Waals surface area contributed by atoms with Gasteiger partial charge < -0.3 is 11.5 Å². The van der Waals surface area contributed by atoms with Gasteiger partial charge in [0.25, 0.3) is 11.6 Å². The number of carbonyl (C=O) groups excluding carboxylic acids is 1. The van der Waals surface area contributed by atoms with Gasteiger partial charge in [-0.3, -0.25) is 14.9 Å². The summed E-state index contributed by atoms with van der Waals surface area (Å²) in [5, 5.41) is 14.5. The summed E-state index contributed by atoms with van der Waals surface area (Å²) in [7, 11) is 0. The number of rotatable bonds is 3. The second-order valence-electron chi connectivity index (χ2n) is 3.51. The topological polar surface area (TPSA) is 130 Å². The molecule has 0 radical (unpaired) electrons. The summed E-state index contributed by atoms with van der Waals surface area (Å²) in [6.45, 7) is 0. The normalized spacial score (nSPS) is 10.2. The third-order valence-corrected chi connectivity index (χ3v) is 2.31. The number of benzene rings is 1. The molecule has 1 heterocycles. The molecule has 0 spiro atoms. The maximum absolute atomic E-state index is 10.9. The minimum Gasteiger partial charge on any atom is -0.393 e. The molecule has 1 aromatic carbocycles. The van der Waals surface area contributed by atoms with Gasteiger partial charge in [-0.2, -0.15) is 5.10 Å². The molecular formula is C10H9N5O3. The molecule has 92 valence electrons. The zero-order chi connectivity index (χ0) is 13.3. The number of primary amides is 1. The average Bonchev–Trinajstić information content (AvgIpc) is 2.77. The summed E-state index contributed by atoms with van der Waals surface area (Å²) in [6, 6.07) is 5.60. The number of amides is 1. The van der Waals surface area contributed by atoms with Crippen LogP contribution in [-0.4, -0.2) is 20.6 Å². The van der Waals surface area contributed by atoms with Crippen LogP contribution in [0.2, 0.25) is 0 Å². The van der Waals surface area contributed by atoms with Crippen molar-refractivity contribution in [1.29, 1.82) is 0 Å². The van der Waals surface area contributed by atoms with E-state index in [4.69, 9.17) is 11.5 Å². The molecule has 0 fully saturated rings. The highest BCUT2D eigenvalue weighted by Gasteiger charge is 2.13. The van der Waals surface area contributed by atoms with Gasteiger partial charge in [0.15, 0.2) is 0 Å². The van der Waals surface area contributed by atoms with E-state index < -0.39 is 10.8 Å². The predicted molar refractivity (Wildman–Crippen MR) is 63.1 cm³/mol. The first-order valence-corrected chi connectivity index (χ1v) is 4.89. The summed E-state index contributed by atoms with van der Waals surface area (Å²) in [5.41, 5.74) is 11.1. The third-order valence-electron chi connectivity index (χ3n) is 2.31. The molecule has 2 aromatic rings. The van der Waals surface area contributed by atoms with Crippen LogP contribution in [-0.2, 0) is 0 Å². The van der Waals surface area contributed by atoms with E-state index >= 15 is 0 Å². The first-order valence-electron chi connectivity index (χ1n) is 4.89. The van der Waals surface area contributed by atoms with Crippen LogP contribution in [0.4, 0.5) is 11.4 Å². The fraction of sp³-hybridized carbons (Fsp3) is 0. The van der Waals surface area contributed by atoms with Crippen LogP contribution in [0.15, 0.2) is 30.5 Å². The molecular weight excluding hydrogens is 238 g/mol. The Kier molecular flexibility index (Phi) is 2.68. The van der Waals surface area contributed by atoms with Crippen LogP contribution in [0.3, 0.4) is 0 Å². The van der Waals surface area contributed by atoms with Gasteiger partial charge in [0.1, 0.15) is 11.4 Å². The molecule has 0 atom stereocenters. The molecule has 0 aliphatic carbocycles. The van der Waals surface area contributed by atoms with Crippen molar-refractivity contribution in [1.82, 2.24) is 9.78 Å². The van der Waals surface area contributed by atoms with Crippen molar-refractivity contribution >= 4 is 17.3 Å². The summed E-state index contributed by atoms with van der Waals surface area (Å²) in [6.07, 6.45) is 1.51. The van der Waals surface area contributed by atoms with Crippen LogP contribution in [0.1, 0.15) is 10.5 Å². The fourth-order valence-electron chi connectivity index (χ4n) is 1.45. The molecule has 0 unspecified atom stereocenters. The SMILES string of the molecule is NC(=O)c1ccn(-c2ccc([N+](=O)[O-])c(N)c2)n1. The lowest BCUT2D eigenvalue weighted by Crippen LogP contribution is -2.12. The number of hydrogen-bond donors (Lipinski definition) is 2. The van der Waals surface area contributed by atoms with E-state index in [0.717, 1.165) is 0 Å². The number of anilines is 1. The van der Waals surface area contributed by atoms with E-state index in [2.05, 4.69) is 5.10 Å². The smallest absolute Gasteiger partial charge is 0.292 e. The number of hydrogen-bond acceptors (Lipinski definition) is 5. The molecule has 1 amide bonds. The molecule has 8 nitrogen and oxygen atoms in total. The van der Waals surface area contributed by atoms with Gasteiger partial charge in [0.05, 0.1) is 10.6 Å². The Morgan fingerprint density at radius 2 is 2.11 bits per heavy atom. The highest BCUT2D eigenvalue weighted by Crippen LogP contribution is 2.23. The lowest BCUT2D eigenvalue weighted by molar-refractivity contribution is -0.383. The summed E-state index contributed by atoms with van der Waals surface area (Å²) in [5.74, 6) is -0.649. The number of nitro groups is 1. The van der Waals surface area contributed by atoms with Crippen LogP contribution in [0.25, 0.3) is 5.69 Å². The number of carbonyl (C=O) groups is 1. The molecule has 18 heavy (non-hydrogen) atoms. The van der Waals surface area contributed by atoms with Gasteiger partial charge in [-0.1, -0.05) is 0 Å². The van der Waals surface area contributed by atoms with E-state index in [1.54, 1.807) is 0 Å². The molecule has 2 rings (SSSR count). The van der Waals surface area contributed by atoms with Gasteiger partial charge in [0.2, 0.25) is 0 Å². The second-order valence-corrected chi connectivity index (χ2v) is 3.51. The molecule has 1 aromatic heterocycles. The van der Waals surface area contributed by atoms with Gasteiger partial charge in [-0.15, -0.1) is 0 Å². The van der Waals surface area contributed by atoms with Crippen molar-refractivity contribution in [2.75, 3.05) is 5.73 Å². The molecule has 4 N–H and O–H groups in total. The second kappa shape index (κ2) is 4.17. The zero-order valence-electron chi connectivity index (χ0n) is 9.11. The first kappa shape index (κ1) is 11.6. The highest BCUT2D eigenvalue weighted by molar-refractivity contribution is 5.90. The Hall–Kier alpha value is -2.90. The van der Waals surface area contributed by atoms with Crippen molar-refractivity contribution in [2.45, 2.75) is 0 Å². The number of nitrogen functional groups attached to an aromatic ring is 1. The van der Waals surface area contributed by atoms with Crippen LogP contribution >= 0.6 is 0 Å². The van der Waals surface area contributed by atoms with Crippen LogP contribution in [0, 0.1) is 10.1 Å². The molecule has 0 aliphatic heterocycles. The standard InChI is InChI=1S/C10H9N5O3/c11-7-5-6(1-2-9(7)15(17)18)14-4-3-8(13-14)10(12)16/h1-5H,11H2,(H2,12,16). The lowest BCUT2D eigenvalue weighted by atomic mass is 10.2. The van der Waals surface area contributed by atoms with Crippen molar-refractivity contribution in [3.05, 3.63) is 46.3 Å². The van der Waals surface area contributed by atoms with Crippen molar-refractivity contribution in [2.24, 2.45) is 5.73 Å².